The van der Waals surface area contributed by atoms with Crippen LogP contribution in [0.5, 0.6) is 0 Å². The summed E-state index contributed by atoms with van der Waals surface area (Å²) in [5.41, 5.74) is 0.0976. The van der Waals surface area contributed by atoms with Crippen LogP contribution in [-0.4, -0.2) is 50.6 Å². The van der Waals surface area contributed by atoms with Crippen molar-refractivity contribution in [2.75, 3.05) is 18.0 Å². The Kier molecular flexibility index (Phi) is 5.01. The van der Waals surface area contributed by atoms with Gasteiger partial charge in [-0.15, -0.1) is 15.3 Å². The van der Waals surface area contributed by atoms with Gasteiger partial charge in [-0.2, -0.15) is 4.52 Å². The number of hydrogen-bond donors (Lipinski definition) is 1. The van der Waals surface area contributed by atoms with Gasteiger partial charge in [0, 0.05) is 24.5 Å². The zero-order valence-electron chi connectivity index (χ0n) is 17.1. The Morgan fingerprint density at radius 2 is 1.93 bits per heavy atom. The van der Waals surface area contributed by atoms with Crippen molar-refractivity contribution in [1.29, 1.82) is 0 Å². The first-order chi connectivity index (χ1) is 12.5. The van der Waals surface area contributed by atoms with Gasteiger partial charge in [-0.05, 0) is 45.7 Å². The third-order valence-electron chi connectivity index (χ3n) is 4.39. The van der Waals surface area contributed by atoms with E-state index >= 15 is 0 Å². The normalized spacial score (nSPS) is 18.6. The smallest absolute Gasteiger partial charge is 0.407 e. The number of carbonyl (C=O) groups excluding carboxylic acids is 1. The second-order valence-corrected chi connectivity index (χ2v) is 9.17. The lowest BCUT2D eigenvalue weighted by molar-refractivity contribution is 0.0500. The lowest BCUT2D eigenvalue weighted by atomic mass is 9.96. The van der Waals surface area contributed by atoms with Crippen LogP contribution in [0, 0.1) is 0 Å². The molecule has 2 aromatic heterocycles. The van der Waals surface area contributed by atoms with Crippen LogP contribution in [0.25, 0.3) is 5.65 Å². The maximum atomic E-state index is 12.1. The van der Waals surface area contributed by atoms with Gasteiger partial charge in [-0.1, -0.05) is 20.8 Å². The van der Waals surface area contributed by atoms with Gasteiger partial charge in [0.1, 0.15) is 11.4 Å². The van der Waals surface area contributed by atoms with Crippen molar-refractivity contribution in [3.8, 4) is 0 Å². The van der Waals surface area contributed by atoms with E-state index in [2.05, 4.69) is 41.2 Å². The fourth-order valence-corrected chi connectivity index (χ4v) is 3.19. The first kappa shape index (κ1) is 19.4. The van der Waals surface area contributed by atoms with Crippen molar-refractivity contribution in [3.05, 3.63) is 18.0 Å². The van der Waals surface area contributed by atoms with Gasteiger partial charge in [-0.25, -0.2) is 4.79 Å². The molecule has 1 unspecified atom stereocenters. The highest BCUT2D eigenvalue weighted by atomic mass is 16.6. The van der Waals surface area contributed by atoms with Crippen molar-refractivity contribution in [3.63, 3.8) is 0 Å². The van der Waals surface area contributed by atoms with E-state index in [0.29, 0.717) is 6.54 Å². The minimum absolute atomic E-state index is 0.0362. The molecule has 0 radical (unpaired) electrons. The number of piperidine rings is 1. The van der Waals surface area contributed by atoms with Crippen molar-refractivity contribution in [1.82, 2.24) is 25.1 Å². The number of aromatic nitrogens is 4. The molecule has 1 N–H and O–H groups in total. The minimum Gasteiger partial charge on any atom is -0.444 e. The highest BCUT2D eigenvalue weighted by Crippen LogP contribution is 2.23. The molecule has 0 aromatic carbocycles. The standard InChI is InChI=1S/C19H30N6O2/c1-18(2,3)16-22-21-14-9-10-15(23-25(14)16)24-11-7-8-13(12-24)20-17(26)27-19(4,5)6/h9-10,13H,7-8,11-12H2,1-6H3,(H,20,26). The molecule has 0 spiro atoms. The molecule has 1 aliphatic heterocycles. The largest absolute Gasteiger partial charge is 0.444 e. The van der Waals surface area contributed by atoms with E-state index in [1.165, 1.54) is 0 Å². The zero-order chi connectivity index (χ0) is 19.8. The lowest BCUT2D eigenvalue weighted by Crippen LogP contribution is -2.49. The van der Waals surface area contributed by atoms with Crippen molar-refractivity contribution >= 4 is 17.6 Å². The summed E-state index contributed by atoms with van der Waals surface area (Å²) in [5.74, 6) is 1.70. The van der Waals surface area contributed by atoms with Gasteiger partial charge in [-0.3, -0.25) is 0 Å². The molecule has 8 nitrogen and oxygen atoms in total. The number of nitrogens with one attached hydrogen (secondary N) is 1. The number of alkyl carbamates (subject to hydrolysis) is 1. The summed E-state index contributed by atoms with van der Waals surface area (Å²) >= 11 is 0. The lowest BCUT2D eigenvalue weighted by Gasteiger charge is -2.34. The predicted molar refractivity (Wildman–Crippen MR) is 104 cm³/mol. The second-order valence-electron chi connectivity index (χ2n) is 9.17. The van der Waals surface area contributed by atoms with Crippen LogP contribution in [-0.2, 0) is 10.2 Å². The molecule has 0 aliphatic carbocycles. The van der Waals surface area contributed by atoms with Crippen LogP contribution in [0.15, 0.2) is 12.1 Å². The fraction of sp³-hybridized carbons (Fsp3) is 0.684. The van der Waals surface area contributed by atoms with Crippen molar-refractivity contribution in [2.45, 2.75) is 71.4 Å². The Labute approximate surface area is 160 Å². The van der Waals surface area contributed by atoms with E-state index in [-0.39, 0.29) is 17.6 Å². The second kappa shape index (κ2) is 6.98. The summed E-state index contributed by atoms with van der Waals surface area (Å²) in [7, 11) is 0. The molecule has 3 heterocycles. The quantitative estimate of drug-likeness (QED) is 0.870. The van der Waals surface area contributed by atoms with Crippen molar-refractivity contribution < 1.29 is 9.53 Å². The molecular formula is C19H30N6O2. The van der Waals surface area contributed by atoms with Gasteiger partial charge in [0.2, 0.25) is 0 Å². The van der Waals surface area contributed by atoms with Gasteiger partial charge >= 0.3 is 6.09 Å². The molecule has 27 heavy (non-hydrogen) atoms. The molecule has 1 fully saturated rings. The number of amides is 1. The predicted octanol–water partition coefficient (Wildman–Crippen LogP) is 2.92. The van der Waals surface area contributed by atoms with E-state index in [1.54, 1.807) is 0 Å². The van der Waals surface area contributed by atoms with E-state index < -0.39 is 5.60 Å². The fourth-order valence-electron chi connectivity index (χ4n) is 3.19. The Hall–Kier alpha value is -2.38. The van der Waals surface area contributed by atoms with Crippen LogP contribution < -0.4 is 10.2 Å². The molecule has 2 aromatic rings. The van der Waals surface area contributed by atoms with E-state index in [4.69, 9.17) is 9.84 Å². The number of hydrogen-bond acceptors (Lipinski definition) is 6. The molecule has 3 rings (SSSR count). The molecule has 1 atom stereocenters. The average molecular weight is 374 g/mol. The Morgan fingerprint density at radius 1 is 1.19 bits per heavy atom. The third-order valence-corrected chi connectivity index (χ3v) is 4.39. The van der Waals surface area contributed by atoms with Crippen LogP contribution >= 0.6 is 0 Å². The molecular weight excluding hydrogens is 344 g/mol. The highest BCUT2D eigenvalue weighted by molar-refractivity contribution is 5.68. The topological polar surface area (TPSA) is 84.6 Å². The number of nitrogens with zero attached hydrogens (tertiary/aromatic N) is 5. The molecule has 1 aliphatic rings. The minimum atomic E-state index is -0.497. The van der Waals surface area contributed by atoms with Crippen molar-refractivity contribution in [2.24, 2.45) is 0 Å². The number of ether oxygens (including phenoxy) is 1. The van der Waals surface area contributed by atoms with Crippen LogP contribution in [0.3, 0.4) is 0 Å². The van der Waals surface area contributed by atoms with Crippen LogP contribution in [0.4, 0.5) is 10.6 Å². The molecule has 0 bridgehead atoms. The monoisotopic (exact) mass is 374 g/mol. The molecule has 1 amide bonds. The molecule has 8 heteroatoms. The van der Waals surface area contributed by atoms with E-state index in [9.17, 15) is 4.79 Å². The van der Waals surface area contributed by atoms with Crippen LogP contribution in [0.2, 0.25) is 0 Å². The highest BCUT2D eigenvalue weighted by Gasteiger charge is 2.26. The Morgan fingerprint density at radius 3 is 2.59 bits per heavy atom. The molecule has 148 valence electrons. The number of anilines is 1. The van der Waals surface area contributed by atoms with E-state index in [1.807, 2.05) is 37.4 Å². The third kappa shape index (κ3) is 4.67. The Balaban J connectivity index is 1.75. The summed E-state index contributed by atoms with van der Waals surface area (Å²) in [6.45, 7) is 13.5. The summed E-state index contributed by atoms with van der Waals surface area (Å²) < 4.78 is 7.20. The summed E-state index contributed by atoms with van der Waals surface area (Å²) in [5, 5.41) is 16.3. The number of carbonyl (C=O) groups is 1. The SMILES string of the molecule is CC(C)(C)OC(=O)NC1CCCN(c2ccc3nnc(C(C)(C)C)n3n2)C1. The van der Waals surface area contributed by atoms with Crippen LogP contribution in [0.1, 0.15) is 60.2 Å². The summed E-state index contributed by atoms with van der Waals surface area (Å²) in [6.07, 6.45) is 1.54. The summed E-state index contributed by atoms with van der Waals surface area (Å²) in [6, 6.07) is 3.94. The number of fused-ring (bicyclic) bond motifs is 1. The maximum Gasteiger partial charge on any atom is 0.407 e. The van der Waals surface area contributed by atoms with Gasteiger partial charge in [0.05, 0.1) is 0 Å². The molecule has 1 saturated heterocycles. The van der Waals surface area contributed by atoms with E-state index in [0.717, 1.165) is 36.7 Å². The van der Waals surface area contributed by atoms with Gasteiger partial charge in [0.15, 0.2) is 11.5 Å². The Bertz CT molecular complexity index is 818. The van der Waals surface area contributed by atoms with Gasteiger partial charge in [0.25, 0.3) is 0 Å². The summed E-state index contributed by atoms with van der Waals surface area (Å²) in [4.78, 5) is 14.3. The number of rotatable bonds is 2. The maximum absolute atomic E-state index is 12.1. The first-order valence-corrected chi connectivity index (χ1v) is 9.50. The first-order valence-electron chi connectivity index (χ1n) is 9.50. The molecule has 0 saturated carbocycles. The van der Waals surface area contributed by atoms with Gasteiger partial charge < -0.3 is 15.0 Å². The average Bonchev–Trinajstić information content (AvgIpc) is 2.96. The zero-order valence-corrected chi connectivity index (χ0v) is 17.1.